The Morgan fingerprint density at radius 3 is 2.70 bits per heavy atom. The molecule has 4 aromatic heterocycles. The predicted octanol–water partition coefficient (Wildman–Crippen LogP) is 4.18. The number of imidazole rings is 1. The van der Waals surface area contributed by atoms with Crippen LogP contribution in [-0.2, 0) is 0 Å². The molecule has 0 bridgehead atoms. The average Bonchev–Trinajstić information content (AvgIpc) is 3.22. The van der Waals surface area contributed by atoms with Crippen LogP contribution in [0.15, 0.2) is 36.9 Å². The van der Waals surface area contributed by atoms with Crippen molar-refractivity contribution in [3.05, 3.63) is 42.6 Å². The fourth-order valence-electron chi connectivity index (χ4n) is 2.73. The molecule has 11 heteroatoms. The summed E-state index contributed by atoms with van der Waals surface area (Å²) in [5, 5.41) is 2.65. The molecule has 0 saturated carbocycles. The van der Waals surface area contributed by atoms with E-state index in [0.717, 1.165) is 6.20 Å². The highest BCUT2D eigenvalue weighted by Crippen LogP contribution is 2.29. The smallest absolute Gasteiger partial charge is 0.345 e. The van der Waals surface area contributed by atoms with Crippen LogP contribution in [0, 0.1) is 0 Å². The summed E-state index contributed by atoms with van der Waals surface area (Å²) in [5.41, 5.74) is 1.70. The number of hydrogen-bond acceptors (Lipinski definition) is 4. The lowest BCUT2D eigenvalue weighted by molar-refractivity contribution is -0.115. The summed E-state index contributed by atoms with van der Waals surface area (Å²) in [5.74, 6) is -0.168. The minimum absolute atomic E-state index is 0.168. The van der Waals surface area contributed by atoms with E-state index in [9.17, 15) is 22.0 Å². The van der Waals surface area contributed by atoms with Gasteiger partial charge in [0.25, 0.3) is 6.43 Å². The molecule has 0 atom stereocenters. The highest BCUT2D eigenvalue weighted by Gasteiger charge is 2.27. The number of pyridine rings is 1. The van der Waals surface area contributed by atoms with Gasteiger partial charge in [0.1, 0.15) is 23.5 Å². The van der Waals surface area contributed by atoms with Crippen molar-refractivity contribution in [1.29, 1.82) is 0 Å². The minimum Gasteiger partial charge on any atom is -0.345 e. The van der Waals surface area contributed by atoms with Crippen LogP contribution >= 0.6 is 0 Å². The molecule has 0 amide bonds. The highest BCUT2D eigenvalue weighted by atomic mass is 19.4. The number of nitrogens with zero attached hydrogens (tertiary/aromatic N) is 4. The van der Waals surface area contributed by atoms with Gasteiger partial charge in [-0.3, -0.25) is 4.40 Å². The Kier molecular flexibility index (Phi) is 3.93. The number of aromatic nitrogens is 5. The van der Waals surface area contributed by atoms with Crippen LogP contribution in [0.3, 0.4) is 0 Å². The van der Waals surface area contributed by atoms with Crippen molar-refractivity contribution in [1.82, 2.24) is 24.3 Å². The molecule has 0 aliphatic heterocycles. The Labute approximate surface area is 148 Å². The molecule has 140 valence electrons. The SMILES string of the molecule is FC(F)c1cnc2ccc(-c3c[nH]c4nc(NCC(F)(F)F)ncc34)cn12. The van der Waals surface area contributed by atoms with E-state index in [-0.39, 0.29) is 11.6 Å². The number of alkyl halides is 5. The lowest BCUT2D eigenvalue weighted by Gasteiger charge is -2.08. The van der Waals surface area contributed by atoms with Crippen molar-refractivity contribution >= 4 is 22.6 Å². The Balaban J connectivity index is 1.72. The minimum atomic E-state index is -4.39. The van der Waals surface area contributed by atoms with Gasteiger partial charge in [-0.05, 0) is 12.1 Å². The zero-order valence-corrected chi connectivity index (χ0v) is 13.4. The van der Waals surface area contributed by atoms with Crippen molar-refractivity contribution in [2.24, 2.45) is 0 Å². The molecule has 4 aromatic rings. The van der Waals surface area contributed by atoms with Crippen LogP contribution in [0.2, 0.25) is 0 Å². The average molecular weight is 382 g/mol. The third kappa shape index (κ3) is 3.27. The van der Waals surface area contributed by atoms with E-state index in [1.54, 1.807) is 18.3 Å². The normalized spacial score (nSPS) is 12.4. The standard InChI is InChI=1S/C16H11F5N6/c17-13(18)11-5-22-12-2-1-8(6-27(11)12)9-3-23-14-10(9)4-24-15(26-14)25-7-16(19,20)21/h1-6,13H,7H2,(H2,23,24,25,26). The molecular weight excluding hydrogens is 371 g/mol. The number of H-pyrrole nitrogens is 1. The first-order valence-electron chi connectivity index (χ1n) is 7.72. The Hall–Kier alpha value is -3.24. The second-order valence-corrected chi connectivity index (χ2v) is 5.76. The van der Waals surface area contributed by atoms with Gasteiger partial charge in [0.05, 0.1) is 6.20 Å². The maximum absolute atomic E-state index is 13.1. The number of anilines is 1. The van der Waals surface area contributed by atoms with Crippen LogP contribution in [0.25, 0.3) is 27.8 Å². The van der Waals surface area contributed by atoms with Gasteiger partial charge < -0.3 is 10.3 Å². The molecule has 6 nitrogen and oxygen atoms in total. The fourth-order valence-corrected chi connectivity index (χ4v) is 2.73. The van der Waals surface area contributed by atoms with Crippen LogP contribution < -0.4 is 5.32 Å². The van der Waals surface area contributed by atoms with E-state index in [1.807, 2.05) is 0 Å². The molecule has 0 fully saturated rings. The summed E-state index contributed by atoms with van der Waals surface area (Å²) in [7, 11) is 0. The molecule has 0 aromatic carbocycles. The van der Waals surface area contributed by atoms with Crippen LogP contribution in [0.5, 0.6) is 0 Å². The second kappa shape index (κ2) is 6.18. The molecule has 27 heavy (non-hydrogen) atoms. The molecule has 4 heterocycles. The first kappa shape index (κ1) is 17.2. The first-order valence-corrected chi connectivity index (χ1v) is 7.72. The Morgan fingerprint density at radius 1 is 1.15 bits per heavy atom. The summed E-state index contributed by atoms with van der Waals surface area (Å²) < 4.78 is 64.3. The molecule has 2 N–H and O–H groups in total. The third-order valence-corrected chi connectivity index (χ3v) is 3.95. The quantitative estimate of drug-likeness (QED) is 0.520. The lowest BCUT2D eigenvalue weighted by atomic mass is 10.1. The van der Waals surface area contributed by atoms with Crippen LogP contribution in [-0.4, -0.2) is 37.1 Å². The second-order valence-electron chi connectivity index (χ2n) is 5.76. The van der Waals surface area contributed by atoms with E-state index in [4.69, 9.17) is 0 Å². The van der Waals surface area contributed by atoms with E-state index >= 15 is 0 Å². The molecule has 0 spiro atoms. The summed E-state index contributed by atoms with van der Waals surface area (Å²) in [6, 6.07) is 3.30. The molecular formula is C16H11F5N6. The molecule has 0 saturated heterocycles. The van der Waals surface area contributed by atoms with Crippen molar-refractivity contribution in [3.8, 4) is 11.1 Å². The monoisotopic (exact) mass is 382 g/mol. The Morgan fingerprint density at radius 2 is 1.96 bits per heavy atom. The van der Waals surface area contributed by atoms with Gasteiger partial charge in [0, 0.05) is 35.1 Å². The summed E-state index contributed by atoms with van der Waals surface area (Å²) in [6.07, 6.45) is -1.47. The molecule has 0 aliphatic carbocycles. The van der Waals surface area contributed by atoms with Crippen molar-refractivity contribution < 1.29 is 22.0 Å². The molecule has 4 rings (SSSR count). The number of fused-ring (bicyclic) bond motifs is 2. The summed E-state index contributed by atoms with van der Waals surface area (Å²) in [6.45, 7) is -1.25. The summed E-state index contributed by atoms with van der Waals surface area (Å²) in [4.78, 5) is 14.7. The van der Waals surface area contributed by atoms with Gasteiger partial charge in [0.15, 0.2) is 0 Å². The molecule has 0 aliphatic rings. The maximum Gasteiger partial charge on any atom is 0.405 e. The van der Waals surface area contributed by atoms with Gasteiger partial charge in [-0.1, -0.05) is 0 Å². The topological polar surface area (TPSA) is 70.9 Å². The number of rotatable bonds is 4. The lowest BCUT2D eigenvalue weighted by Crippen LogP contribution is -2.22. The van der Waals surface area contributed by atoms with Gasteiger partial charge >= 0.3 is 6.18 Å². The highest BCUT2D eigenvalue weighted by molar-refractivity contribution is 5.93. The fraction of sp³-hybridized carbons (Fsp3) is 0.188. The Bertz CT molecular complexity index is 1110. The van der Waals surface area contributed by atoms with Gasteiger partial charge in [0.2, 0.25) is 5.95 Å². The van der Waals surface area contributed by atoms with E-state index in [0.29, 0.717) is 27.8 Å². The van der Waals surface area contributed by atoms with Crippen molar-refractivity contribution in [2.75, 3.05) is 11.9 Å². The zero-order valence-electron chi connectivity index (χ0n) is 13.4. The van der Waals surface area contributed by atoms with Crippen molar-refractivity contribution in [3.63, 3.8) is 0 Å². The van der Waals surface area contributed by atoms with E-state index < -0.39 is 19.1 Å². The third-order valence-electron chi connectivity index (χ3n) is 3.95. The number of nitrogens with one attached hydrogen (secondary N) is 2. The van der Waals surface area contributed by atoms with Crippen LogP contribution in [0.4, 0.5) is 27.9 Å². The molecule has 0 unspecified atom stereocenters. The van der Waals surface area contributed by atoms with Gasteiger partial charge in [-0.2, -0.15) is 18.2 Å². The molecule has 0 radical (unpaired) electrons. The first-order chi connectivity index (χ1) is 12.8. The van der Waals surface area contributed by atoms with Gasteiger partial charge in [-0.25, -0.2) is 18.7 Å². The largest absolute Gasteiger partial charge is 0.405 e. The zero-order chi connectivity index (χ0) is 19.2. The van der Waals surface area contributed by atoms with Crippen LogP contribution in [0.1, 0.15) is 12.1 Å². The van der Waals surface area contributed by atoms with E-state index in [1.165, 1.54) is 16.8 Å². The maximum atomic E-state index is 13.1. The van der Waals surface area contributed by atoms with Gasteiger partial charge in [-0.15, -0.1) is 0 Å². The number of hydrogen-bond donors (Lipinski definition) is 2. The predicted molar refractivity (Wildman–Crippen MR) is 87.6 cm³/mol. The van der Waals surface area contributed by atoms with E-state index in [2.05, 4.69) is 25.3 Å². The number of aromatic amines is 1. The van der Waals surface area contributed by atoms with Crippen molar-refractivity contribution in [2.45, 2.75) is 12.6 Å². The number of halogens is 5. The summed E-state index contributed by atoms with van der Waals surface area (Å²) >= 11 is 0.